The topological polar surface area (TPSA) is 86.3 Å². The van der Waals surface area contributed by atoms with E-state index < -0.39 is 0 Å². The Morgan fingerprint density at radius 3 is 2.33 bits per heavy atom. The van der Waals surface area contributed by atoms with Gasteiger partial charge in [0.05, 0.1) is 30.3 Å². The molecule has 0 atom stereocenters. The lowest BCUT2D eigenvalue weighted by Crippen LogP contribution is -2.03. The molecule has 0 aliphatic heterocycles. The van der Waals surface area contributed by atoms with Crippen molar-refractivity contribution in [1.29, 1.82) is 0 Å². The molecule has 0 saturated heterocycles. The van der Waals surface area contributed by atoms with Gasteiger partial charge in [0.2, 0.25) is 11.7 Å². The minimum Gasteiger partial charge on any atom is -0.497 e. The van der Waals surface area contributed by atoms with E-state index in [4.69, 9.17) is 14.2 Å². The molecule has 2 heterocycles. The fourth-order valence-corrected chi connectivity index (χ4v) is 3.16. The Morgan fingerprint density at radius 2 is 1.75 bits per heavy atom. The number of carbonyl (C=O) groups excluding carboxylic acids is 1. The summed E-state index contributed by atoms with van der Waals surface area (Å²) in [6.45, 7) is 0. The Balaban J connectivity index is 2.11. The van der Waals surface area contributed by atoms with Crippen LogP contribution in [0, 0.1) is 3.57 Å². The number of aromatic nitrogens is 3. The average Bonchev–Trinajstić information content (AvgIpc) is 2.97. The summed E-state index contributed by atoms with van der Waals surface area (Å²) in [5.41, 5.74) is 1.45. The van der Waals surface area contributed by atoms with Crippen LogP contribution in [-0.4, -0.2) is 42.1 Å². The molecule has 124 valence electrons. The quantitative estimate of drug-likeness (QED) is 0.486. The van der Waals surface area contributed by atoms with Crippen LogP contribution >= 0.6 is 22.6 Å². The SMILES string of the molecule is COc1ccc(C(=O)c2[nH]c3nc(OC)nc(OC)c3c2I)cc1. The van der Waals surface area contributed by atoms with Crippen molar-refractivity contribution < 1.29 is 19.0 Å². The Kier molecular flexibility index (Phi) is 4.56. The number of H-pyrrole nitrogens is 1. The highest BCUT2D eigenvalue weighted by Crippen LogP contribution is 2.32. The molecule has 0 unspecified atom stereocenters. The molecule has 24 heavy (non-hydrogen) atoms. The van der Waals surface area contributed by atoms with Gasteiger partial charge >= 0.3 is 6.01 Å². The van der Waals surface area contributed by atoms with Crippen LogP contribution in [0.3, 0.4) is 0 Å². The Labute approximate surface area is 151 Å². The van der Waals surface area contributed by atoms with Crippen LogP contribution in [0.5, 0.6) is 17.6 Å². The number of methoxy groups -OCH3 is 3. The number of ketones is 1. The first-order valence-corrected chi connectivity index (χ1v) is 8.02. The summed E-state index contributed by atoms with van der Waals surface area (Å²) in [7, 11) is 4.56. The minimum atomic E-state index is -0.152. The van der Waals surface area contributed by atoms with E-state index in [-0.39, 0.29) is 11.8 Å². The molecule has 0 amide bonds. The van der Waals surface area contributed by atoms with Crippen LogP contribution in [0.4, 0.5) is 0 Å². The first kappa shape index (κ1) is 16.5. The van der Waals surface area contributed by atoms with Crippen LogP contribution < -0.4 is 14.2 Å². The van der Waals surface area contributed by atoms with Gasteiger partial charge in [-0.2, -0.15) is 9.97 Å². The van der Waals surface area contributed by atoms with Crippen LogP contribution in [0.25, 0.3) is 11.0 Å². The summed E-state index contributed by atoms with van der Waals surface area (Å²) in [4.78, 5) is 24.2. The first-order valence-electron chi connectivity index (χ1n) is 6.95. The Bertz CT molecular complexity index is 906. The summed E-state index contributed by atoms with van der Waals surface area (Å²) in [6, 6.07) is 7.08. The van der Waals surface area contributed by atoms with Crippen LogP contribution in [0.15, 0.2) is 24.3 Å². The van der Waals surface area contributed by atoms with Gasteiger partial charge in [0.25, 0.3) is 0 Å². The second-order valence-electron chi connectivity index (χ2n) is 4.81. The smallest absolute Gasteiger partial charge is 0.321 e. The predicted octanol–water partition coefficient (Wildman–Crippen LogP) is 2.82. The molecule has 8 heteroatoms. The van der Waals surface area contributed by atoms with Gasteiger partial charge in [-0.1, -0.05) is 0 Å². The highest BCUT2D eigenvalue weighted by molar-refractivity contribution is 14.1. The maximum Gasteiger partial charge on any atom is 0.321 e. The van der Waals surface area contributed by atoms with E-state index in [1.807, 2.05) is 0 Å². The van der Waals surface area contributed by atoms with Gasteiger partial charge in [-0.15, -0.1) is 0 Å². The van der Waals surface area contributed by atoms with E-state index in [2.05, 4.69) is 37.5 Å². The lowest BCUT2D eigenvalue weighted by atomic mass is 10.1. The summed E-state index contributed by atoms with van der Waals surface area (Å²) < 4.78 is 16.2. The summed E-state index contributed by atoms with van der Waals surface area (Å²) in [5.74, 6) is 0.891. The number of ether oxygens (including phenoxy) is 3. The van der Waals surface area contributed by atoms with E-state index in [1.54, 1.807) is 31.4 Å². The van der Waals surface area contributed by atoms with Gasteiger partial charge in [-0.25, -0.2) is 0 Å². The maximum atomic E-state index is 12.8. The number of hydrogen-bond acceptors (Lipinski definition) is 6. The number of hydrogen-bond donors (Lipinski definition) is 1. The van der Waals surface area contributed by atoms with E-state index in [1.165, 1.54) is 14.2 Å². The monoisotopic (exact) mass is 439 g/mol. The fraction of sp³-hybridized carbons (Fsp3) is 0.188. The molecule has 1 N–H and O–H groups in total. The Morgan fingerprint density at radius 1 is 1.04 bits per heavy atom. The molecule has 0 aliphatic carbocycles. The third-order valence-electron chi connectivity index (χ3n) is 3.49. The van der Waals surface area contributed by atoms with Gasteiger partial charge in [-0.05, 0) is 46.9 Å². The molecule has 0 bridgehead atoms. The molecule has 2 aromatic heterocycles. The summed E-state index contributed by atoms with van der Waals surface area (Å²) in [6.07, 6.45) is 0. The lowest BCUT2D eigenvalue weighted by molar-refractivity contribution is 0.103. The zero-order valence-electron chi connectivity index (χ0n) is 13.2. The third-order valence-corrected chi connectivity index (χ3v) is 4.57. The number of aromatic amines is 1. The summed E-state index contributed by atoms with van der Waals surface area (Å²) in [5, 5.41) is 0.649. The number of carbonyl (C=O) groups is 1. The average molecular weight is 439 g/mol. The highest BCUT2D eigenvalue weighted by atomic mass is 127. The molecule has 0 radical (unpaired) electrons. The number of benzene rings is 1. The standard InChI is InChI=1S/C16H14IN3O4/c1-22-9-6-4-8(5-7-9)13(21)12-11(17)10-14(18-12)19-16(24-3)20-15(10)23-2/h4-7H,1-3H3,(H,18,19,20). The van der Waals surface area contributed by atoms with Crippen molar-refractivity contribution in [3.05, 3.63) is 39.1 Å². The van der Waals surface area contributed by atoms with E-state index in [9.17, 15) is 4.79 Å². The molecule has 3 aromatic rings. The van der Waals surface area contributed by atoms with Crippen LogP contribution in [-0.2, 0) is 0 Å². The normalized spacial score (nSPS) is 10.7. The zero-order valence-corrected chi connectivity index (χ0v) is 15.4. The van der Waals surface area contributed by atoms with Crippen LogP contribution in [0.2, 0.25) is 0 Å². The minimum absolute atomic E-state index is 0.152. The number of nitrogens with one attached hydrogen (secondary N) is 1. The number of fused-ring (bicyclic) bond motifs is 1. The van der Waals surface area contributed by atoms with Crippen molar-refractivity contribution in [1.82, 2.24) is 15.0 Å². The molecule has 1 aromatic carbocycles. The van der Waals surface area contributed by atoms with Gasteiger partial charge in [0.1, 0.15) is 17.1 Å². The fourth-order valence-electron chi connectivity index (χ4n) is 2.29. The third kappa shape index (κ3) is 2.77. The molecule has 0 fully saturated rings. The lowest BCUT2D eigenvalue weighted by Gasteiger charge is -2.03. The largest absolute Gasteiger partial charge is 0.497 e. The maximum absolute atomic E-state index is 12.8. The molecular weight excluding hydrogens is 425 g/mol. The molecule has 7 nitrogen and oxygen atoms in total. The number of nitrogens with zero attached hydrogens (tertiary/aromatic N) is 2. The van der Waals surface area contributed by atoms with E-state index in [0.717, 1.165) is 0 Å². The molecular formula is C16H14IN3O4. The second kappa shape index (κ2) is 6.63. The predicted molar refractivity (Wildman–Crippen MR) is 96.1 cm³/mol. The van der Waals surface area contributed by atoms with Gasteiger partial charge in [0, 0.05) is 5.56 Å². The van der Waals surface area contributed by atoms with E-state index >= 15 is 0 Å². The number of halogens is 1. The summed E-state index contributed by atoms with van der Waals surface area (Å²) >= 11 is 2.09. The van der Waals surface area contributed by atoms with E-state index in [0.29, 0.717) is 37.5 Å². The zero-order chi connectivity index (χ0) is 17.3. The molecule has 0 spiro atoms. The van der Waals surface area contributed by atoms with Crippen molar-refractivity contribution in [3.63, 3.8) is 0 Å². The van der Waals surface area contributed by atoms with Crippen molar-refractivity contribution in [2.24, 2.45) is 0 Å². The molecule has 0 saturated carbocycles. The molecule has 0 aliphatic rings. The van der Waals surface area contributed by atoms with Crippen molar-refractivity contribution in [2.45, 2.75) is 0 Å². The van der Waals surface area contributed by atoms with Crippen molar-refractivity contribution in [3.8, 4) is 17.6 Å². The Hall–Kier alpha value is -2.36. The van der Waals surface area contributed by atoms with Crippen LogP contribution in [0.1, 0.15) is 16.1 Å². The molecule has 3 rings (SSSR count). The highest BCUT2D eigenvalue weighted by Gasteiger charge is 2.22. The van der Waals surface area contributed by atoms with Gasteiger partial charge in [-0.3, -0.25) is 4.79 Å². The van der Waals surface area contributed by atoms with Gasteiger partial charge in [0.15, 0.2) is 0 Å². The van der Waals surface area contributed by atoms with Crippen molar-refractivity contribution in [2.75, 3.05) is 21.3 Å². The van der Waals surface area contributed by atoms with Crippen molar-refractivity contribution >= 4 is 39.4 Å². The second-order valence-corrected chi connectivity index (χ2v) is 5.89. The first-order chi connectivity index (χ1) is 11.6. The van der Waals surface area contributed by atoms with Gasteiger partial charge < -0.3 is 19.2 Å². The number of rotatable bonds is 5.